The van der Waals surface area contributed by atoms with Crippen LogP contribution in [0.1, 0.15) is 69.8 Å². The Morgan fingerprint density at radius 1 is 0.968 bits per heavy atom. The summed E-state index contributed by atoms with van der Waals surface area (Å²) < 4.78 is 0. The first kappa shape index (κ1) is 21.3. The van der Waals surface area contributed by atoms with Gasteiger partial charge in [-0.1, -0.05) is 23.7 Å². The number of amides is 2. The highest BCUT2D eigenvalue weighted by Gasteiger charge is 2.51. The molecular weight excluding hydrogens is 408 g/mol. The fraction of sp³-hybridized carbons (Fsp3) is 0.692. The highest BCUT2D eigenvalue weighted by molar-refractivity contribution is 6.30. The van der Waals surface area contributed by atoms with Crippen LogP contribution in [-0.4, -0.2) is 35.8 Å². The van der Waals surface area contributed by atoms with Crippen LogP contribution in [0.4, 0.5) is 0 Å². The van der Waals surface area contributed by atoms with Crippen LogP contribution in [-0.2, 0) is 16.0 Å². The molecule has 4 nitrogen and oxygen atoms in total. The molecule has 0 atom stereocenters. The zero-order valence-electron chi connectivity index (χ0n) is 18.5. The summed E-state index contributed by atoms with van der Waals surface area (Å²) >= 11 is 5.92. The Kier molecular flexibility index (Phi) is 6.02. The van der Waals surface area contributed by atoms with Crippen molar-refractivity contribution in [3.8, 4) is 0 Å². The smallest absolute Gasteiger partial charge is 0.223 e. The first-order valence-corrected chi connectivity index (χ1v) is 12.7. The van der Waals surface area contributed by atoms with Gasteiger partial charge in [0.2, 0.25) is 11.8 Å². The topological polar surface area (TPSA) is 49.4 Å². The number of hydrogen-bond acceptors (Lipinski definition) is 2. The van der Waals surface area contributed by atoms with Crippen LogP contribution in [0.2, 0.25) is 5.02 Å². The minimum absolute atomic E-state index is 0.105. The summed E-state index contributed by atoms with van der Waals surface area (Å²) in [6.45, 7) is 1.57. The fourth-order valence-electron chi connectivity index (χ4n) is 7.42. The summed E-state index contributed by atoms with van der Waals surface area (Å²) in [5, 5.41) is 3.90. The molecule has 0 aromatic heterocycles. The van der Waals surface area contributed by atoms with Gasteiger partial charge < -0.3 is 10.2 Å². The van der Waals surface area contributed by atoms with E-state index in [4.69, 9.17) is 11.6 Å². The van der Waals surface area contributed by atoms with E-state index in [0.717, 1.165) is 67.1 Å². The summed E-state index contributed by atoms with van der Waals surface area (Å²) in [5.41, 5.74) is 1.45. The molecule has 4 aliphatic carbocycles. The third kappa shape index (κ3) is 4.94. The number of halogens is 1. The standard InChI is InChI=1S/C26H35ClN2O2/c27-22-4-1-18(2-5-22)3-6-24(30)28-23-7-9-29(10-8-23)25(31)17-26-14-19-11-20(15-26)13-21(12-19)16-26/h1-2,4-5,19-21,23H,3,6-17H2,(H,28,30). The van der Waals surface area contributed by atoms with E-state index in [1.54, 1.807) is 0 Å². The van der Waals surface area contributed by atoms with Crippen LogP contribution in [0, 0.1) is 23.2 Å². The number of hydrogen-bond donors (Lipinski definition) is 1. The van der Waals surface area contributed by atoms with Crippen LogP contribution in [0.15, 0.2) is 24.3 Å². The molecule has 6 rings (SSSR count). The SMILES string of the molecule is O=C(CCc1ccc(Cl)cc1)NC1CCN(C(=O)CC23CC4CC(CC(C4)C2)C3)CC1. The molecule has 1 N–H and O–H groups in total. The average Bonchev–Trinajstić information content (AvgIpc) is 2.72. The number of piperidine rings is 1. The van der Waals surface area contributed by atoms with E-state index in [1.807, 2.05) is 24.3 Å². The van der Waals surface area contributed by atoms with Crippen LogP contribution >= 0.6 is 11.6 Å². The number of carbonyl (C=O) groups excluding carboxylic acids is 2. The third-order valence-electron chi connectivity index (χ3n) is 8.46. The van der Waals surface area contributed by atoms with Gasteiger partial charge in [0, 0.05) is 37.0 Å². The number of rotatable bonds is 6. The lowest BCUT2D eigenvalue weighted by Gasteiger charge is -2.57. The molecule has 1 heterocycles. The van der Waals surface area contributed by atoms with Gasteiger partial charge in [-0.25, -0.2) is 0 Å². The lowest BCUT2D eigenvalue weighted by molar-refractivity contribution is -0.140. The Hall–Kier alpha value is -1.55. The monoisotopic (exact) mass is 442 g/mol. The maximum Gasteiger partial charge on any atom is 0.223 e. The predicted octanol–water partition coefficient (Wildman–Crippen LogP) is 4.99. The van der Waals surface area contributed by atoms with Gasteiger partial charge in [0.15, 0.2) is 0 Å². The lowest BCUT2D eigenvalue weighted by atomic mass is 9.49. The Balaban J connectivity index is 1.05. The fourth-order valence-corrected chi connectivity index (χ4v) is 7.55. The van der Waals surface area contributed by atoms with Gasteiger partial charge in [-0.05, 0) is 98.7 Å². The molecule has 2 amide bonds. The number of carbonyl (C=O) groups is 2. The largest absolute Gasteiger partial charge is 0.353 e. The minimum atomic E-state index is 0.105. The van der Waals surface area contributed by atoms with Crippen molar-refractivity contribution in [3.63, 3.8) is 0 Å². The first-order chi connectivity index (χ1) is 15.0. The number of nitrogens with one attached hydrogen (secondary N) is 1. The second-order valence-electron chi connectivity index (χ2n) is 10.9. The quantitative estimate of drug-likeness (QED) is 0.674. The molecule has 0 spiro atoms. The van der Waals surface area contributed by atoms with Crippen molar-refractivity contribution in [1.29, 1.82) is 0 Å². The van der Waals surface area contributed by atoms with Gasteiger partial charge in [-0.2, -0.15) is 0 Å². The van der Waals surface area contributed by atoms with Crippen LogP contribution in [0.25, 0.3) is 0 Å². The second kappa shape index (κ2) is 8.77. The van der Waals surface area contributed by atoms with Crippen LogP contribution in [0.5, 0.6) is 0 Å². The molecule has 1 aromatic carbocycles. The van der Waals surface area contributed by atoms with E-state index in [2.05, 4.69) is 10.2 Å². The summed E-state index contributed by atoms with van der Waals surface area (Å²) in [6, 6.07) is 7.88. The van der Waals surface area contributed by atoms with Gasteiger partial charge in [0.1, 0.15) is 0 Å². The molecule has 1 aliphatic heterocycles. The lowest BCUT2D eigenvalue weighted by Crippen LogP contribution is -2.50. The minimum Gasteiger partial charge on any atom is -0.353 e. The number of aryl methyl sites for hydroxylation is 1. The van der Waals surface area contributed by atoms with Crippen LogP contribution in [0.3, 0.4) is 0 Å². The van der Waals surface area contributed by atoms with E-state index in [-0.39, 0.29) is 11.9 Å². The van der Waals surface area contributed by atoms with E-state index < -0.39 is 0 Å². The Bertz CT molecular complexity index is 778. The number of benzene rings is 1. The van der Waals surface area contributed by atoms with Crippen molar-refractivity contribution in [1.82, 2.24) is 10.2 Å². The van der Waals surface area contributed by atoms with Gasteiger partial charge in [0.25, 0.3) is 0 Å². The van der Waals surface area contributed by atoms with Crippen molar-refractivity contribution in [2.75, 3.05) is 13.1 Å². The highest BCUT2D eigenvalue weighted by atomic mass is 35.5. The number of nitrogens with zero attached hydrogens (tertiary/aromatic N) is 1. The van der Waals surface area contributed by atoms with E-state index >= 15 is 0 Å². The van der Waals surface area contributed by atoms with Gasteiger partial charge in [-0.3, -0.25) is 9.59 Å². The molecule has 5 aliphatic rings. The highest BCUT2D eigenvalue weighted by Crippen LogP contribution is 2.61. The predicted molar refractivity (Wildman–Crippen MR) is 123 cm³/mol. The zero-order valence-corrected chi connectivity index (χ0v) is 19.2. The van der Waals surface area contributed by atoms with Crippen molar-refractivity contribution >= 4 is 23.4 Å². The Morgan fingerprint density at radius 2 is 1.55 bits per heavy atom. The summed E-state index contributed by atoms with van der Waals surface area (Å²) in [5.74, 6) is 3.16. The van der Waals surface area contributed by atoms with Crippen LogP contribution < -0.4 is 5.32 Å². The van der Waals surface area contributed by atoms with Gasteiger partial charge in [-0.15, -0.1) is 0 Å². The Morgan fingerprint density at radius 3 is 2.13 bits per heavy atom. The average molecular weight is 443 g/mol. The first-order valence-electron chi connectivity index (χ1n) is 12.3. The molecule has 0 radical (unpaired) electrons. The molecule has 1 aromatic rings. The van der Waals surface area contributed by atoms with Crippen molar-refractivity contribution in [3.05, 3.63) is 34.9 Å². The van der Waals surface area contributed by atoms with E-state index in [0.29, 0.717) is 17.7 Å². The molecule has 0 unspecified atom stereocenters. The molecule has 168 valence electrons. The maximum atomic E-state index is 13.1. The van der Waals surface area contributed by atoms with Gasteiger partial charge >= 0.3 is 0 Å². The molecule has 5 heteroatoms. The third-order valence-corrected chi connectivity index (χ3v) is 8.71. The van der Waals surface area contributed by atoms with Crippen molar-refractivity contribution < 1.29 is 9.59 Å². The van der Waals surface area contributed by atoms with Gasteiger partial charge in [0.05, 0.1) is 0 Å². The maximum absolute atomic E-state index is 13.1. The van der Waals surface area contributed by atoms with E-state index in [1.165, 1.54) is 38.5 Å². The molecule has 4 bridgehead atoms. The summed E-state index contributed by atoms with van der Waals surface area (Å²) in [4.78, 5) is 27.6. The second-order valence-corrected chi connectivity index (χ2v) is 11.4. The normalized spacial score (nSPS) is 32.3. The van der Waals surface area contributed by atoms with Crippen molar-refractivity contribution in [2.45, 2.75) is 76.7 Å². The number of likely N-dealkylation sites (tertiary alicyclic amines) is 1. The van der Waals surface area contributed by atoms with Crippen molar-refractivity contribution in [2.24, 2.45) is 23.2 Å². The summed E-state index contributed by atoms with van der Waals surface area (Å²) in [6.07, 6.45) is 11.9. The molecule has 4 saturated carbocycles. The molecule has 1 saturated heterocycles. The van der Waals surface area contributed by atoms with E-state index in [9.17, 15) is 9.59 Å². The zero-order chi connectivity index (χ0) is 21.4. The molecule has 5 fully saturated rings. The Labute approximate surface area is 191 Å². The summed E-state index contributed by atoms with van der Waals surface area (Å²) in [7, 11) is 0. The molecule has 31 heavy (non-hydrogen) atoms. The molecular formula is C26H35ClN2O2.